The maximum Gasteiger partial charge on any atom is 0.0478 e. The molecule has 0 aromatic carbocycles. The van der Waals surface area contributed by atoms with E-state index in [1.165, 1.54) is 0 Å². The van der Waals surface area contributed by atoms with Gasteiger partial charge in [0, 0.05) is 18.8 Å². The van der Waals surface area contributed by atoms with E-state index >= 15 is 0 Å². The molecule has 0 atom stereocenters. The molecular formula is C12H25NO. The van der Waals surface area contributed by atoms with Crippen molar-refractivity contribution in [3.05, 3.63) is 12.7 Å². The van der Waals surface area contributed by atoms with Gasteiger partial charge < -0.3 is 10.1 Å². The fourth-order valence-corrected chi connectivity index (χ4v) is 1.07. The second kappa shape index (κ2) is 8.01. The molecule has 0 amide bonds. The van der Waals surface area contributed by atoms with E-state index in [1.54, 1.807) is 0 Å². The lowest BCUT2D eigenvalue weighted by molar-refractivity contribution is 0.128. The summed E-state index contributed by atoms with van der Waals surface area (Å²) < 4.78 is 5.46. The van der Waals surface area contributed by atoms with E-state index in [1.807, 2.05) is 6.08 Å². The molecule has 0 unspecified atom stereocenters. The highest BCUT2D eigenvalue weighted by Crippen LogP contribution is 1.98. The lowest BCUT2D eigenvalue weighted by atomic mass is 10.1. The summed E-state index contributed by atoms with van der Waals surface area (Å²) >= 11 is 0. The average Bonchev–Trinajstić information content (AvgIpc) is 2.08. The van der Waals surface area contributed by atoms with Crippen LogP contribution in [-0.4, -0.2) is 25.3 Å². The fourth-order valence-electron chi connectivity index (χ4n) is 1.07. The van der Waals surface area contributed by atoms with Crippen LogP contribution in [0.3, 0.4) is 0 Å². The first-order chi connectivity index (χ1) is 6.56. The Kier molecular flexibility index (Phi) is 7.81. The van der Waals surface area contributed by atoms with Crippen molar-refractivity contribution in [3.8, 4) is 0 Å². The third-order valence-electron chi connectivity index (χ3n) is 1.82. The largest absolute Gasteiger partial charge is 0.381 e. The van der Waals surface area contributed by atoms with Crippen LogP contribution in [0.5, 0.6) is 0 Å². The maximum absolute atomic E-state index is 5.46. The Bertz CT molecular complexity index is 138. The third-order valence-corrected chi connectivity index (χ3v) is 1.82. The summed E-state index contributed by atoms with van der Waals surface area (Å²) in [6.07, 6.45) is 5.17. The summed E-state index contributed by atoms with van der Waals surface area (Å²) in [6, 6.07) is 0. The summed E-state index contributed by atoms with van der Waals surface area (Å²) in [5.74, 6) is 0. The van der Waals surface area contributed by atoms with Crippen LogP contribution in [0.25, 0.3) is 0 Å². The van der Waals surface area contributed by atoms with E-state index in [0.717, 1.165) is 39.0 Å². The van der Waals surface area contributed by atoms with Gasteiger partial charge in [0.2, 0.25) is 0 Å². The fraction of sp³-hybridized carbons (Fsp3) is 0.833. The summed E-state index contributed by atoms with van der Waals surface area (Å²) in [5.41, 5.74) is 0.225. The van der Waals surface area contributed by atoms with Crippen molar-refractivity contribution in [3.63, 3.8) is 0 Å². The summed E-state index contributed by atoms with van der Waals surface area (Å²) in [7, 11) is 0. The summed E-state index contributed by atoms with van der Waals surface area (Å²) in [4.78, 5) is 0. The van der Waals surface area contributed by atoms with E-state index < -0.39 is 0 Å². The molecule has 0 aliphatic carbocycles. The monoisotopic (exact) mass is 199 g/mol. The second-order valence-corrected chi connectivity index (χ2v) is 4.57. The van der Waals surface area contributed by atoms with Crippen LogP contribution in [0.15, 0.2) is 12.7 Å². The van der Waals surface area contributed by atoms with Gasteiger partial charge in [0.25, 0.3) is 0 Å². The van der Waals surface area contributed by atoms with Gasteiger partial charge in [0.15, 0.2) is 0 Å². The zero-order valence-corrected chi connectivity index (χ0v) is 9.94. The maximum atomic E-state index is 5.46. The number of unbranched alkanes of at least 4 members (excludes halogenated alkanes) is 1. The van der Waals surface area contributed by atoms with Gasteiger partial charge in [-0.15, -0.1) is 6.58 Å². The molecule has 0 saturated carbocycles. The number of allylic oxidation sites excluding steroid dienone is 1. The van der Waals surface area contributed by atoms with E-state index in [2.05, 4.69) is 32.7 Å². The lowest BCUT2D eigenvalue weighted by Gasteiger charge is -2.20. The average molecular weight is 199 g/mol. The van der Waals surface area contributed by atoms with Gasteiger partial charge in [-0.05, 0) is 46.6 Å². The van der Waals surface area contributed by atoms with E-state index in [0.29, 0.717) is 0 Å². The predicted molar refractivity (Wildman–Crippen MR) is 62.6 cm³/mol. The minimum atomic E-state index is 0.225. The number of nitrogens with one attached hydrogen (secondary N) is 1. The van der Waals surface area contributed by atoms with Crippen LogP contribution < -0.4 is 5.32 Å². The Morgan fingerprint density at radius 2 is 1.86 bits per heavy atom. The topological polar surface area (TPSA) is 21.3 Å². The molecule has 0 rings (SSSR count). The van der Waals surface area contributed by atoms with Gasteiger partial charge in [0.1, 0.15) is 0 Å². The lowest BCUT2D eigenvalue weighted by Crippen LogP contribution is -2.36. The smallest absolute Gasteiger partial charge is 0.0478 e. The molecule has 0 bridgehead atoms. The molecule has 0 aromatic rings. The minimum Gasteiger partial charge on any atom is -0.381 e. The molecule has 14 heavy (non-hydrogen) atoms. The van der Waals surface area contributed by atoms with Crippen LogP contribution >= 0.6 is 0 Å². The molecule has 0 radical (unpaired) electrons. The third kappa shape index (κ3) is 11.7. The van der Waals surface area contributed by atoms with Crippen molar-refractivity contribution in [1.82, 2.24) is 5.32 Å². The molecular weight excluding hydrogens is 174 g/mol. The normalized spacial score (nSPS) is 11.6. The van der Waals surface area contributed by atoms with E-state index in [9.17, 15) is 0 Å². The standard InChI is InChI=1S/C12H25NO/c1-5-6-7-10-14-11-8-9-13-12(2,3)4/h5,13H,1,6-11H2,2-4H3. The Morgan fingerprint density at radius 1 is 1.21 bits per heavy atom. The first kappa shape index (κ1) is 13.7. The molecule has 0 heterocycles. The zero-order chi connectivity index (χ0) is 10.9. The van der Waals surface area contributed by atoms with Crippen LogP contribution in [0, 0.1) is 0 Å². The van der Waals surface area contributed by atoms with Crippen LogP contribution in [0.2, 0.25) is 0 Å². The van der Waals surface area contributed by atoms with Crippen molar-refractivity contribution in [1.29, 1.82) is 0 Å². The van der Waals surface area contributed by atoms with Crippen molar-refractivity contribution in [2.45, 2.75) is 45.6 Å². The number of ether oxygens (including phenoxy) is 1. The first-order valence-corrected chi connectivity index (χ1v) is 5.50. The van der Waals surface area contributed by atoms with E-state index in [4.69, 9.17) is 4.74 Å². The summed E-state index contributed by atoms with van der Waals surface area (Å²) in [5, 5.41) is 3.43. The predicted octanol–water partition coefficient (Wildman–Crippen LogP) is 2.75. The van der Waals surface area contributed by atoms with Crippen molar-refractivity contribution in [2.75, 3.05) is 19.8 Å². The Labute approximate surface area is 88.7 Å². The van der Waals surface area contributed by atoms with Crippen molar-refractivity contribution < 1.29 is 4.74 Å². The molecule has 0 aliphatic rings. The van der Waals surface area contributed by atoms with Crippen LogP contribution in [0.1, 0.15) is 40.0 Å². The van der Waals surface area contributed by atoms with Gasteiger partial charge in [-0.25, -0.2) is 0 Å². The van der Waals surface area contributed by atoms with Crippen LogP contribution in [-0.2, 0) is 4.74 Å². The SMILES string of the molecule is C=CCCCOCCCNC(C)(C)C. The van der Waals surface area contributed by atoms with E-state index in [-0.39, 0.29) is 5.54 Å². The van der Waals surface area contributed by atoms with Crippen LogP contribution in [0.4, 0.5) is 0 Å². The molecule has 0 spiro atoms. The number of rotatable bonds is 8. The van der Waals surface area contributed by atoms with Gasteiger partial charge >= 0.3 is 0 Å². The molecule has 2 heteroatoms. The summed E-state index contributed by atoms with van der Waals surface area (Å²) in [6.45, 7) is 13.0. The Morgan fingerprint density at radius 3 is 2.43 bits per heavy atom. The molecule has 0 aromatic heterocycles. The first-order valence-electron chi connectivity index (χ1n) is 5.50. The molecule has 1 N–H and O–H groups in total. The Hall–Kier alpha value is -0.340. The highest BCUT2D eigenvalue weighted by atomic mass is 16.5. The zero-order valence-electron chi connectivity index (χ0n) is 9.94. The van der Waals surface area contributed by atoms with Gasteiger partial charge in [-0.2, -0.15) is 0 Å². The van der Waals surface area contributed by atoms with Crippen molar-refractivity contribution >= 4 is 0 Å². The van der Waals surface area contributed by atoms with Gasteiger partial charge in [0.05, 0.1) is 0 Å². The molecule has 0 aliphatic heterocycles. The quantitative estimate of drug-likeness (QED) is 0.479. The molecule has 2 nitrogen and oxygen atoms in total. The van der Waals surface area contributed by atoms with Gasteiger partial charge in [-0.1, -0.05) is 6.08 Å². The molecule has 0 saturated heterocycles. The second-order valence-electron chi connectivity index (χ2n) is 4.57. The highest BCUT2D eigenvalue weighted by molar-refractivity contribution is 4.69. The molecule has 84 valence electrons. The molecule has 0 fully saturated rings. The Balaban J connectivity index is 3.03. The number of hydrogen-bond donors (Lipinski definition) is 1. The minimum absolute atomic E-state index is 0.225. The van der Waals surface area contributed by atoms with Crippen molar-refractivity contribution in [2.24, 2.45) is 0 Å². The highest BCUT2D eigenvalue weighted by Gasteiger charge is 2.06. The number of hydrogen-bond acceptors (Lipinski definition) is 2. The van der Waals surface area contributed by atoms with Gasteiger partial charge in [-0.3, -0.25) is 0 Å².